The van der Waals surface area contributed by atoms with Gasteiger partial charge in [0.1, 0.15) is 5.75 Å². The number of fused-ring (bicyclic) bond motifs is 1. The zero-order valence-electron chi connectivity index (χ0n) is 23.3. The van der Waals surface area contributed by atoms with Crippen LogP contribution in [0, 0.1) is 6.92 Å². The molecule has 0 fully saturated rings. The third kappa shape index (κ3) is 4.74. The maximum absolute atomic E-state index is 13.5. The largest absolute Gasteiger partial charge is 0.491 e. The molecule has 0 aromatic heterocycles. The number of anilines is 3. The van der Waals surface area contributed by atoms with Crippen LogP contribution in [0.1, 0.15) is 54.7 Å². The molecule has 0 saturated carbocycles. The zero-order chi connectivity index (χ0) is 27.6. The molecule has 0 bridgehead atoms. The van der Waals surface area contributed by atoms with Crippen LogP contribution in [0.25, 0.3) is 0 Å². The fourth-order valence-corrected chi connectivity index (χ4v) is 5.54. The number of hydrogen-bond acceptors (Lipinski definition) is 5. The molecule has 4 aromatic rings. The van der Waals surface area contributed by atoms with E-state index in [9.17, 15) is 4.79 Å². The molecule has 39 heavy (non-hydrogen) atoms. The second-order valence-corrected chi connectivity index (χ2v) is 10.1. The Balaban J connectivity index is 1.78. The summed E-state index contributed by atoms with van der Waals surface area (Å²) in [6.45, 7) is 12.3. The summed E-state index contributed by atoms with van der Waals surface area (Å²) in [5, 5.41) is 0. The number of para-hydroxylation sites is 1. The van der Waals surface area contributed by atoms with E-state index in [4.69, 9.17) is 9.47 Å². The number of hydrogen-bond donors (Lipinski definition) is 0. The SMILES string of the molecule is CCN(CC)c1ccc(C2(N(c3ccccc3)c3ccc(OC(C)C)cc3)OC(=O)c3ccccc32)c(C)c1. The molecule has 1 atom stereocenters. The number of carbonyl (C=O) groups excluding carboxylic acids is 1. The highest BCUT2D eigenvalue weighted by Crippen LogP contribution is 2.51. The standard InChI is InChI=1S/C34H36N2O3/c1-6-35(7-2)28-19-22-31(25(5)23-28)34(32-16-12-11-15-30(32)33(37)39-34)36(26-13-9-8-10-14-26)27-17-20-29(21-18-27)38-24(3)4/h8-24H,6-7H2,1-5H3. The molecule has 1 aliphatic rings. The zero-order valence-corrected chi connectivity index (χ0v) is 23.3. The molecule has 1 heterocycles. The normalized spacial score (nSPS) is 16.1. The third-order valence-electron chi connectivity index (χ3n) is 7.25. The fourth-order valence-electron chi connectivity index (χ4n) is 5.54. The van der Waals surface area contributed by atoms with Crippen LogP contribution in [0.5, 0.6) is 5.75 Å². The van der Waals surface area contributed by atoms with Crippen LogP contribution in [0.4, 0.5) is 17.1 Å². The molecule has 0 N–H and O–H groups in total. The number of benzene rings is 4. The average molecular weight is 521 g/mol. The molecule has 0 saturated heterocycles. The number of cyclic esters (lactones) is 1. The van der Waals surface area contributed by atoms with Crippen molar-refractivity contribution in [2.45, 2.75) is 46.4 Å². The second-order valence-electron chi connectivity index (χ2n) is 10.1. The van der Waals surface area contributed by atoms with Crippen molar-refractivity contribution in [2.75, 3.05) is 22.9 Å². The van der Waals surface area contributed by atoms with Crippen molar-refractivity contribution < 1.29 is 14.3 Å². The van der Waals surface area contributed by atoms with Gasteiger partial charge in [-0.15, -0.1) is 0 Å². The van der Waals surface area contributed by atoms with E-state index < -0.39 is 5.72 Å². The van der Waals surface area contributed by atoms with Gasteiger partial charge in [-0.3, -0.25) is 4.90 Å². The first-order chi connectivity index (χ1) is 18.9. The minimum Gasteiger partial charge on any atom is -0.491 e. The van der Waals surface area contributed by atoms with Crippen molar-refractivity contribution in [3.05, 3.63) is 119 Å². The van der Waals surface area contributed by atoms with Crippen LogP contribution in [0.15, 0.2) is 97.1 Å². The first kappa shape index (κ1) is 26.4. The van der Waals surface area contributed by atoms with E-state index in [1.54, 1.807) is 0 Å². The molecule has 200 valence electrons. The molecule has 4 aromatic carbocycles. The molecule has 5 rings (SSSR count). The van der Waals surface area contributed by atoms with Crippen molar-refractivity contribution >= 4 is 23.0 Å². The lowest BCUT2D eigenvalue weighted by Gasteiger charge is -2.43. The van der Waals surface area contributed by atoms with Crippen LogP contribution < -0.4 is 14.5 Å². The topological polar surface area (TPSA) is 42.0 Å². The summed E-state index contributed by atoms with van der Waals surface area (Å²) in [6, 6.07) is 32.3. The predicted molar refractivity (Wildman–Crippen MR) is 158 cm³/mol. The first-order valence-electron chi connectivity index (χ1n) is 13.7. The second kappa shape index (κ2) is 10.9. The van der Waals surface area contributed by atoms with Gasteiger partial charge in [0.15, 0.2) is 0 Å². The van der Waals surface area contributed by atoms with Crippen LogP contribution in [0.2, 0.25) is 0 Å². The monoisotopic (exact) mass is 520 g/mol. The minimum atomic E-state index is -1.21. The van der Waals surface area contributed by atoms with Gasteiger partial charge in [-0.2, -0.15) is 0 Å². The molecule has 0 radical (unpaired) electrons. The van der Waals surface area contributed by atoms with E-state index in [1.807, 2.05) is 80.6 Å². The molecule has 0 spiro atoms. The highest BCUT2D eigenvalue weighted by molar-refractivity contribution is 5.97. The Bertz CT molecular complexity index is 1450. The smallest absolute Gasteiger partial charge is 0.341 e. The van der Waals surface area contributed by atoms with Crippen molar-refractivity contribution in [1.82, 2.24) is 0 Å². The van der Waals surface area contributed by atoms with E-state index in [-0.39, 0.29) is 12.1 Å². The lowest BCUT2D eigenvalue weighted by atomic mass is 9.87. The van der Waals surface area contributed by atoms with Gasteiger partial charge in [-0.1, -0.05) is 42.5 Å². The van der Waals surface area contributed by atoms with Crippen molar-refractivity contribution in [3.63, 3.8) is 0 Å². The number of aryl methyl sites for hydroxylation is 1. The van der Waals surface area contributed by atoms with Gasteiger partial charge in [0.25, 0.3) is 0 Å². The molecule has 5 nitrogen and oxygen atoms in total. The van der Waals surface area contributed by atoms with Gasteiger partial charge in [0.2, 0.25) is 5.72 Å². The van der Waals surface area contributed by atoms with Crippen molar-refractivity contribution in [2.24, 2.45) is 0 Å². The molecule has 0 amide bonds. The summed E-state index contributed by atoms with van der Waals surface area (Å²) in [7, 11) is 0. The summed E-state index contributed by atoms with van der Waals surface area (Å²) in [4.78, 5) is 18.0. The minimum absolute atomic E-state index is 0.0713. The van der Waals surface area contributed by atoms with E-state index >= 15 is 0 Å². The van der Waals surface area contributed by atoms with Gasteiger partial charge >= 0.3 is 5.97 Å². The Morgan fingerprint density at radius 2 is 1.38 bits per heavy atom. The van der Waals surface area contributed by atoms with Crippen LogP contribution in [-0.2, 0) is 10.5 Å². The molecule has 1 aliphatic heterocycles. The van der Waals surface area contributed by atoms with Crippen molar-refractivity contribution in [3.8, 4) is 5.75 Å². The van der Waals surface area contributed by atoms with E-state index in [0.29, 0.717) is 5.56 Å². The lowest BCUT2D eigenvalue weighted by molar-refractivity contribution is 0.0131. The van der Waals surface area contributed by atoms with Crippen LogP contribution >= 0.6 is 0 Å². The third-order valence-corrected chi connectivity index (χ3v) is 7.25. The van der Waals surface area contributed by atoms with E-state index in [2.05, 4.69) is 60.9 Å². The molecule has 1 unspecified atom stereocenters. The fraction of sp³-hybridized carbons (Fsp3) is 0.265. The Morgan fingerprint density at radius 3 is 2.03 bits per heavy atom. The van der Waals surface area contributed by atoms with Crippen LogP contribution in [0.3, 0.4) is 0 Å². The van der Waals surface area contributed by atoms with Gasteiger partial charge < -0.3 is 14.4 Å². The summed E-state index contributed by atoms with van der Waals surface area (Å²) in [5.74, 6) is 0.456. The van der Waals surface area contributed by atoms with Gasteiger partial charge in [0, 0.05) is 41.3 Å². The quantitative estimate of drug-likeness (QED) is 0.210. The summed E-state index contributed by atoms with van der Waals surface area (Å²) < 4.78 is 12.5. The van der Waals surface area contributed by atoms with E-state index in [1.165, 1.54) is 0 Å². The number of rotatable bonds is 9. The first-order valence-corrected chi connectivity index (χ1v) is 13.7. The molecular formula is C34H36N2O3. The summed E-state index contributed by atoms with van der Waals surface area (Å²) >= 11 is 0. The Labute approximate surface area is 231 Å². The number of carbonyl (C=O) groups is 1. The summed E-state index contributed by atoms with van der Waals surface area (Å²) in [5.41, 5.74) is 5.09. The Hall–Kier alpha value is -4.25. The highest BCUT2D eigenvalue weighted by Gasteiger charge is 2.53. The lowest BCUT2D eigenvalue weighted by Crippen LogP contribution is -2.45. The van der Waals surface area contributed by atoms with Crippen molar-refractivity contribution in [1.29, 1.82) is 0 Å². The molecule has 5 heteroatoms. The maximum Gasteiger partial charge on any atom is 0.341 e. The Morgan fingerprint density at radius 1 is 0.769 bits per heavy atom. The summed E-state index contributed by atoms with van der Waals surface area (Å²) in [6.07, 6.45) is 0.0713. The van der Waals surface area contributed by atoms with Crippen LogP contribution in [-0.4, -0.2) is 25.2 Å². The number of nitrogens with zero attached hydrogens (tertiary/aromatic N) is 2. The Kier molecular flexibility index (Phi) is 7.34. The van der Waals surface area contributed by atoms with Gasteiger partial charge in [-0.05, 0) is 94.8 Å². The maximum atomic E-state index is 13.5. The van der Waals surface area contributed by atoms with E-state index in [0.717, 1.165) is 52.6 Å². The van der Waals surface area contributed by atoms with Gasteiger partial charge in [-0.25, -0.2) is 4.79 Å². The molecule has 0 aliphatic carbocycles. The molecular weight excluding hydrogens is 484 g/mol. The number of ether oxygens (including phenoxy) is 2. The highest BCUT2D eigenvalue weighted by atomic mass is 16.6. The predicted octanol–water partition coefficient (Wildman–Crippen LogP) is 7.84. The average Bonchev–Trinajstić information content (AvgIpc) is 3.23. The number of esters is 1. The van der Waals surface area contributed by atoms with Gasteiger partial charge in [0.05, 0.1) is 11.7 Å².